The first kappa shape index (κ1) is 18.9. The Bertz CT molecular complexity index is 734. The molecule has 0 heterocycles. The molecule has 1 amide bonds. The van der Waals surface area contributed by atoms with Gasteiger partial charge in [-0.05, 0) is 49.4 Å². The summed E-state index contributed by atoms with van der Waals surface area (Å²) in [7, 11) is 0. The van der Waals surface area contributed by atoms with Crippen molar-refractivity contribution >= 4 is 28.9 Å². The van der Waals surface area contributed by atoms with Crippen LogP contribution in [-0.2, 0) is 11.0 Å². The van der Waals surface area contributed by atoms with Crippen LogP contribution in [-0.4, -0.2) is 19.1 Å². The maximum absolute atomic E-state index is 13.0. The van der Waals surface area contributed by atoms with Crippen molar-refractivity contribution in [1.29, 1.82) is 0 Å². The molecule has 0 atom stereocenters. The van der Waals surface area contributed by atoms with Gasteiger partial charge in [-0.2, -0.15) is 13.2 Å². The number of halogens is 4. The Labute approximate surface area is 147 Å². The average molecular weight is 373 g/mol. The predicted octanol–water partition coefficient (Wildman–Crippen LogP) is 4.81. The van der Waals surface area contributed by atoms with Crippen LogP contribution >= 0.6 is 11.6 Å². The minimum Gasteiger partial charge on any atom is -0.494 e. The zero-order chi connectivity index (χ0) is 18.4. The molecular formula is C17H16ClF3N2O2. The van der Waals surface area contributed by atoms with Gasteiger partial charge in [0.15, 0.2) is 0 Å². The molecule has 2 aromatic carbocycles. The molecule has 2 rings (SSSR count). The molecule has 134 valence electrons. The number of carbonyl (C=O) groups is 1. The maximum Gasteiger partial charge on any atom is 0.418 e. The van der Waals surface area contributed by atoms with Crippen molar-refractivity contribution in [2.75, 3.05) is 23.8 Å². The summed E-state index contributed by atoms with van der Waals surface area (Å²) in [6.45, 7) is 2.06. The van der Waals surface area contributed by atoms with E-state index < -0.39 is 17.6 Å². The third kappa shape index (κ3) is 5.56. The molecule has 0 saturated heterocycles. The van der Waals surface area contributed by atoms with E-state index in [0.29, 0.717) is 18.0 Å². The molecule has 0 unspecified atom stereocenters. The van der Waals surface area contributed by atoms with Crippen molar-refractivity contribution in [3.8, 4) is 5.75 Å². The maximum atomic E-state index is 13.0. The number of amides is 1. The normalized spacial score (nSPS) is 11.1. The van der Waals surface area contributed by atoms with Crippen molar-refractivity contribution < 1.29 is 22.7 Å². The summed E-state index contributed by atoms with van der Waals surface area (Å²) in [5.41, 5.74) is -0.616. The molecule has 0 aliphatic heterocycles. The molecule has 2 aromatic rings. The number of hydrogen-bond donors (Lipinski definition) is 2. The van der Waals surface area contributed by atoms with Gasteiger partial charge in [0.2, 0.25) is 5.91 Å². The number of nitrogens with one attached hydrogen (secondary N) is 2. The standard InChI is InChI=1S/C17H16ClF3N2O2/c1-2-25-13-6-4-12(5-7-13)23-16(24)10-22-15-8-3-11(18)9-14(15)17(19,20)21/h3-9,22H,2,10H2,1H3,(H,23,24). The lowest BCUT2D eigenvalue weighted by Crippen LogP contribution is -2.23. The van der Waals surface area contributed by atoms with Crippen LogP contribution in [0, 0.1) is 0 Å². The van der Waals surface area contributed by atoms with E-state index in [9.17, 15) is 18.0 Å². The molecule has 0 aliphatic rings. The van der Waals surface area contributed by atoms with Crippen molar-refractivity contribution in [1.82, 2.24) is 0 Å². The van der Waals surface area contributed by atoms with Crippen LogP contribution in [0.5, 0.6) is 5.75 Å². The highest BCUT2D eigenvalue weighted by molar-refractivity contribution is 6.30. The van der Waals surface area contributed by atoms with Gasteiger partial charge in [0.1, 0.15) is 5.75 Å². The fraction of sp³-hybridized carbons (Fsp3) is 0.235. The molecule has 0 aromatic heterocycles. The Hall–Kier alpha value is -2.41. The van der Waals surface area contributed by atoms with Gasteiger partial charge in [0, 0.05) is 16.4 Å². The zero-order valence-electron chi connectivity index (χ0n) is 13.3. The lowest BCUT2D eigenvalue weighted by molar-refractivity contribution is -0.137. The second-order valence-electron chi connectivity index (χ2n) is 5.05. The lowest BCUT2D eigenvalue weighted by Gasteiger charge is -2.15. The molecule has 2 N–H and O–H groups in total. The summed E-state index contributed by atoms with van der Waals surface area (Å²) in [5, 5.41) is 5.04. The highest BCUT2D eigenvalue weighted by Crippen LogP contribution is 2.36. The minimum absolute atomic E-state index is 0.0308. The molecule has 25 heavy (non-hydrogen) atoms. The quantitative estimate of drug-likeness (QED) is 0.765. The Morgan fingerprint density at radius 2 is 1.84 bits per heavy atom. The van der Waals surface area contributed by atoms with Crippen molar-refractivity contribution in [3.05, 3.63) is 53.1 Å². The molecule has 0 bridgehead atoms. The summed E-state index contributed by atoms with van der Waals surface area (Å²) in [5.74, 6) is 0.182. The van der Waals surface area contributed by atoms with Crippen molar-refractivity contribution in [2.24, 2.45) is 0 Å². The molecule has 8 heteroatoms. The van der Waals surface area contributed by atoms with Gasteiger partial charge in [-0.3, -0.25) is 4.79 Å². The van der Waals surface area contributed by atoms with Gasteiger partial charge in [0.05, 0.1) is 18.7 Å². The average Bonchev–Trinajstić information content (AvgIpc) is 2.55. The van der Waals surface area contributed by atoms with Crippen LogP contribution < -0.4 is 15.4 Å². The molecule has 0 radical (unpaired) electrons. The predicted molar refractivity (Wildman–Crippen MR) is 91.2 cm³/mol. The second-order valence-corrected chi connectivity index (χ2v) is 5.48. The van der Waals surface area contributed by atoms with E-state index in [-0.39, 0.29) is 17.3 Å². The Morgan fingerprint density at radius 1 is 1.16 bits per heavy atom. The van der Waals surface area contributed by atoms with Gasteiger partial charge in [-0.25, -0.2) is 0 Å². The highest BCUT2D eigenvalue weighted by atomic mass is 35.5. The Morgan fingerprint density at radius 3 is 2.44 bits per heavy atom. The largest absolute Gasteiger partial charge is 0.494 e. The fourth-order valence-electron chi connectivity index (χ4n) is 2.09. The first-order chi connectivity index (χ1) is 11.8. The van der Waals surface area contributed by atoms with E-state index in [4.69, 9.17) is 16.3 Å². The van der Waals surface area contributed by atoms with Crippen LogP contribution in [0.1, 0.15) is 12.5 Å². The number of alkyl halides is 3. The smallest absolute Gasteiger partial charge is 0.418 e. The van der Waals surface area contributed by atoms with Crippen LogP contribution in [0.4, 0.5) is 24.5 Å². The monoisotopic (exact) mass is 372 g/mol. The minimum atomic E-state index is -4.57. The van der Waals surface area contributed by atoms with Gasteiger partial charge in [0.25, 0.3) is 0 Å². The van der Waals surface area contributed by atoms with Gasteiger partial charge >= 0.3 is 6.18 Å². The van der Waals surface area contributed by atoms with Gasteiger partial charge < -0.3 is 15.4 Å². The third-order valence-corrected chi connectivity index (χ3v) is 3.41. The van der Waals surface area contributed by atoms with Gasteiger partial charge in [-0.1, -0.05) is 11.6 Å². The van der Waals surface area contributed by atoms with Crippen molar-refractivity contribution in [2.45, 2.75) is 13.1 Å². The summed E-state index contributed by atoms with van der Waals surface area (Å²) in [6, 6.07) is 9.99. The van der Waals surface area contributed by atoms with Crippen LogP contribution in [0.2, 0.25) is 5.02 Å². The summed E-state index contributed by atoms with van der Waals surface area (Å²) in [6.07, 6.45) is -4.57. The Kier molecular flexibility index (Phi) is 6.14. The van der Waals surface area contributed by atoms with E-state index in [1.807, 2.05) is 6.92 Å². The summed E-state index contributed by atoms with van der Waals surface area (Å²) < 4.78 is 44.3. The van der Waals surface area contributed by atoms with Crippen molar-refractivity contribution in [3.63, 3.8) is 0 Å². The van der Waals surface area contributed by atoms with E-state index >= 15 is 0 Å². The first-order valence-electron chi connectivity index (χ1n) is 7.43. The summed E-state index contributed by atoms with van der Waals surface area (Å²) >= 11 is 5.61. The van der Waals surface area contributed by atoms with E-state index in [0.717, 1.165) is 6.07 Å². The van der Waals surface area contributed by atoms with Crippen LogP contribution in [0.15, 0.2) is 42.5 Å². The molecule has 4 nitrogen and oxygen atoms in total. The number of ether oxygens (including phenoxy) is 1. The second kappa shape index (κ2) is 8.11. The van der Waals surface area contributed by atoms with E-state index in [1.54, 1.807) is 24.3 Å². The topological polar surface area (TPSA) is 50.4 Å². The van der Waals surface area contributed by atoms with Crippen LogP contribution in [0.25, 0.3) is 0 Å². The molecule has 0 spiro atoms. The van der Waals surface area contributed by atoms with E-state index in [2.05, 4.69) is 10.6 Å². The highest BCUT2D eigenvalue weighted by Gasteiger charge is 2.33. The number of benzene rings is 2. The number of rotatable bonds is 6. The van der Waals surface area contributed by atoms with Gasteiger partial charge in [-0.15, -0.1) is 0 Å². The summed E-state index contributed by atoms with van der Waals surface area (Å²) in [4.78, 5) is 11.9. The SMILES string of the molecule is CCOc1ccc(NC(=O)CNc2ccc(Cl)cc2C(F)(F)F)cc1. The molecule has 0 fully saturated rings. The van der Waals surface area contributed by atoms with E-state index in [1.165, 1.54) is 12.1 Å². The fourth-order valence-corrected chi connectivity index (χ4v) is 2.26. The Balaban J connectivity index is 1.98. The lowest BCUT2D eigenvalue weighted by atomic mass is 10.1. The third-order valence-electron chi connectivity index (χ3n) is 3.18. The first-order valence-corrected chi connectivity index (χ1v) is 7.80. The number of carbonyl (C=O) groups excluding carboxylic acids is 1. The number of anilines is 2. The molecule has 0 aliphatic carbocycles. The number of hydrogen-bond acceptors (Lipinski definition) is 3. The molecular weight excluding hydrogens is 357 g/mol. The zero-order valence-corrected chi connectivity index (χ0v) is 14.0. The molecule has 0 saturated carbocycles. The van der Waals surface area contributed by atoms with Crippen LogP contribution in [0.3, 0.4) is 0 Å².